The highest BCUT2D eigenvalue weighted by Crippen LogP contribution is 2.13. The van der Waals surface area contributed by atoms with Gasteiger partial charge in [0.15, 0.2) is 5.78 Å². The minimum atomic E-state index is -0.182. The van der Waals surface area contributed by atoms with Crippen LogP contribution in [0.15, 0.2) is 85.2 Å². The summed E-state index contributed by atoms with van der Waals surface area (Å²) in [5.74, 6) is -0.289. The van der Waals surface area contributed by atoms with Gasteiger partial charge in [-0.05, 0) is 60.7 Å². The summed E-state index contributed by atoms with van der Waals surface area (Å²) in [6, 6.07) is 19.8. The van der Waals surface area contributed by atoms with Crippen molar-refractivity contribution in [2.45, 2.75) is 13.1 Å². The van der Waals surface area contributed by atoms with Gasteiger partial charge in [-0.1, -0.05) is 35.0 Å². The number of ketones is 1. The van der Waals surface area contributed by atoms with Crippen LogP contribution < -0.4 is 5.32 Å². The number of aromatic nitrogens is 4. The normalized spacial score (nSPS) is 11.0. The molecule has 0 radical (unpaired) electrons. The van der Waals surface area contributed by atoms with Crippen molar-refractivity contribution in [3.8, 4) is 0 Å². The molecule has 0 atom stereocenters. The SMILES string of the molecule is O=C(Cn1cc(Cn2cccc2/C=C/C(=O)c2ccc(Cl)cc2)nn1)Nc1ccccc1. The molecule has 0 spiro atoms. The third kappa shape index (κ3) is 5.59. The fourth-order valence-corrected chi connectivity index (χ4v) is 3.25. The Balaban J connectivity index is 1.37. The highest BCUT2D eigenvalue weighted by molar-refractivity contribution is 6.30. The second kappa shape index (κ2) is 9.89. The van der Waals surface area contributed by atoms with E-state index in [0.29, 0.717) is 22.8 Å². The first-order valence-corrected chi connectivity index (χ1v) is 10.3. The van der Waals surface area contributed by atoms with Gasteiger partial charge in [-0.3, -0.25) is 9.59 Å². The molecule has 0 aliphatic heterocycles. The zero-order chi connectivity index (χ0) is 22.3. The molecule has 7 nitrogen and oxygen atoms in total. The van der Waals surface area contributed by atoms with Crippen molar-refractivity contribution in [2.75, 3.05) is 5.32 Å². The van der Waals surface area contributed by atoms with E-state index < -0.39 is 0 Å². The van der Waals surface area contributed by atoms with E-state index in [-0.39, 0.29) is 18.2 Å². The highest BCUT2D eigenvalue weighted by atomic mass is 35.5. The average molecular weight is 446 g/mol. The van der Waals surface area contributed by atoms with Crippen LogP contribution in [0.25, 0.3) is 6.08 Å². The molecule has 4 rings (SSSR count). The Morgan fingerprint density at radius 2 is 1.78 bits per heavy atom. The van der Waals surface area contributed by atoms with Crippen LogP contribution in [-0.2, 0) is 17.9 Å². The van der Waals surface area contributed by atoms with Gasteiger partial charge >= 0.3 is 0 Å². The predicted molar refractivity (Wildman–Crippen MR) is 123 cm³/mol. The number of para-hydroxylation sites is 1. The first-order valence-electron chi connectivity index (χ1n) is 9.94. The van der Waals surface area contributed by atoms with Crippen LogP contribution in [-0.4, -0.2) is 31.3 Å². The lowest BCUT2D eigenvalue weighted by molar-refractivity contribution is -0.116. The molecule has 2 heterocycles. The minimum Gasteiger partial charge on any atom is -0.342 e. The van der Waals surface area contributed by atoms with E-state index >= 15 is 0 Å². The molecule has 0 aliphatic carbocycles. The van der Waals surface area contributed by atoms with Gasteiger partial charge in [0.25, 0.3) is 0 Å². The molecule has 0 aliphatic rings. The molecule has 32 heavy (non-hydrogen) atoms. The molecule has 4 aromatic rings. The van der Waals surface area contributed by atoms with Gasteiger partial charge in [-0.2, -0.15) is 0 Å². The predicted octanol–water partition coefficient (Wildman–Crippen LogP) is 4.32. The van der Waals surface area contributed by atoms with Gasteiger partial charge in [0.2, 0.25) is 5.91 Å². The van der Waals surface area contributed by atoms with Gasteiger partial charge < -0.3 is 9.88 Å². The Morgan fingerprint density at radius 1 is 1.00 bits per heavy atom. The third-order valence-corrected chi connectivity index (χ3v) is 4.93. The van der Waals surface area contributed by atoms with Crippen LogP contribution in [0, 0.1) is 0 Å². The first-order chi connectivity index (χ1) is 15.6. The number of halogens is 1. The number of rotatable bonds is 8. The number of amides is 1. The fourth-order valence-electron chi connectivity index (χ4n) is 3.13. The van der Waals surface area contributed by atoms with E-state index in [9.17, 15) is 9.59 Å². The summed E-state index contributed by atoms with van der Waals surface area (Å²) in [4.78, 5) is 24.5. The van der Waals surface area contributed by atoms with Crippen molar-refractivity contribution in [2.24, 2.45) is 0 Å². The van der Waals surface area contributed by atoms with Crippen molar-refractivity contribution in [1.29, 1.82) is 0 Å². The number of hydrogen-bond acceptors (Lipinski definition) is 4. The molecule has 2 aromatic carbocycles. The minimum absolute atomic E-state index is 0.0654. The van der Waals surface area contributed by atoms with Crippen LogP contribution in [0.5, 0.6) is 0 Å². The smallest absolute Gasteiger partial charge is 0.246 e. The van der Waals surface area contributed by atoms with Gasteiger partial charge in [0, 0.05) is 28.2 Å². The van der Waals surface area contributed by atoms with E-state index in [1.807, 2.05) is 53.2 Å². The summed E-state index contributed by atoms with van der Waals surface area (Å²) >= 11 is 5.87. The Bertz CT molecular complexity index is 1240. The van der Waals surface area contributed by atoms with Crippen LogP contribution in [0.4, 0.5) is 5.69 Å². The zero-order valence-corrected chi connectivity index (χ0v) is 17.8. The van der Waals surface area contributed by atoms with E-state index in [0.717, 1.165) is 11.4 Å². The van der Waals surface area contributed by atoms with Crippen molar-refractivity contribution < 1.29 is 9.59 Å². The number of nitrogens with one attached hydrogen (secondary N) is 1. The van der Waals surface area contributed by atoms with Crippen LogP contribution in [0.3, 0.4) is 0 Å². The first kappa shape index (κ1) is 21.3. The summed E-state index contributed by atoms with van der Waals surface area (Å²) in [5.41, 5.74) is 2.85. The summed E-state index contributed by atoms with van der Waals surface area (Å²) in [6.07, 6.45) is 6.92. The quantitative estimate of drug-likeness (QED) is 0.323. The van der Waals surface area contributed by atoms with Crippen LogP contribution >= 0.6 is 11.6 Å². The third-order valence-electron chi connectivity index (χ3n) is 4.68. The summed E-state index contributed by atoms with van der Waals surface area (Å²) < 4.78 is 3.45. The molecule has 8 heteroatoms. The number of benzene rings is 2. The number of carbonyl (C=O) groups is 2. The molecule has 0 saturated heterocycles. The molecule has 1 amide bonds. The number of hydrogen-bond donors (Lipinski definition) is 1. The molecule has 1 N–H and O–H groups in total. The van der Waals surface area contributed by atoms with Crippen LogP contribution in [0.1, 0.15) is 21.7 Å². The highest BCUT2D eigenvalue weighted by Gasteiger charge is 2.08. The van der Waals surface area contributed by atoms with Crippen LogP contribution in [0.2, 0.25) is 5.02 Å². The van der Waals surface area contributed by atoms with Crippen molar-refractivity contribution >= 4 is 35.1 Å². The molecule has 0 fully saturated rings. The molecule has 0 saturated carbocycles. The number of nitrogens with zero attached hydrogens (tertiary/aromatic N) is 4. The monoisotopic (exact) mass is 445 g/mol. The Hall–Kier alpha value is -3.97. The maximum absolute atomic E-state index is 12.4. The summed E-state index contributed by atoms with van der Waals surface area (Å²) in [5, 5.41) is 11.6. The summed E-state index contributed by atoms with van der Waals surface area (Å²) in [7, 11) is 0. The van der Waals surface area contributed by atoms with Crippen molar-refractivity contribution in [3.05, 3.63) is 107 Å². The molecule has 160 valence electrons. The largest absolute Gasteiger partial charge is 0.342 e. The lowest BCUT2D eigenvalue weighted by Crippen LogP contribution is -2.19. The van der Waals surface area contributed by atoms with E-state index in [4.69, 9.17) is 11.6 Å². The van der Waals surface area contributed by atoms with E-state index in [1.54, 1.807) is 36.5 Å². The Labute approximate surface area is 189 Å². The van der Waals surface area contributed by atoms with Gasteiger partial charge in [-0.25, -0.2) is 4.68 Å². The number of allylic oxidation sites excluding steroid dienone is 1. The Morgan fingerprint density at radius 3 is 2.56 bits per heavy atom. The topological polar surface area (TPSA) is 81.8 Å². The van der Waals surface area contributed by atoms with Gasteiger partial charge in [0.1, 0.15) is 12.2 Å². The van der Waals surface area contributed by atoms with E-state index in [2.05, 4.69) is 15.6 Å². The van der Waals surface area contributed by atoms with Crippen molar-refractivity contribution in [1.82, 2.24) is 19.6 Å². The van der Waals surface area contributed by atoms with Crippen molar-refractivity contribution in [3.63, 3.8) is 0 Å². The average Bonchev–Trinajstić information content (AvgIpc) is 3.42. The standard InChI is InChI=1S/C24H20ClN5O2/c25-19-10-8-18(9-11-19)23(31)13-12-22-7-4-14-29(22)15-21-16-30(28-27-21)17-24(32)26-20-5-2-1-3-6-20/h1-14,16H,15,17H2,(H,26,32)/b13-12+. The lowest BCUT2D eigenvalue weighted by Gasteiger charge is -2.04. The zero-order valence-electron chi connectivity index (χ0n) is 17.1. The van der Waals surface area contributed by atoms with Gasteiger partial charge in [0.05, 0.1) is 12.7 Å². The fraction of sp³-hybridized carbons (Fsp3) is 0.0833. The lowest BCUT2D eigenvalue weighted by atomic mass is 10.1. The molecule has 0 unspecified atom stereocenters. The number of carbonyl (C=O) groups excluding carboxylic acids is 2. The maximum atomic E-state index is 12.4. The second-order valence-electron chi connectivity index (χ2n) is 7.09. The second-order valence-corrected chi connectivity index (χ2v) is 7.52. The van der Waals surface area contributed by atoms with Gasteiger partial charge in [-0.15, -0.1) is 5.10 Å². The molecular weight excluding hydrogens is 426 g/mol. The molecule has 2 aromatic heterocycles. The van der Waals surface area contributed by atoms with E-state index in [1.165, 1.54) is 10.8 Å². The Kier molecular flexibility index (Phi) is 6.57. The summed E-state index contributed by atoms with van der Waals surface area (Å²) in [6.45, 7) is 0.526. The molecular formula is C24H20ClN5O2. The number of anilines is 1. The maximum Gasteiger partial charge on any atom is 0.246 e. The molecule has 0 bridgehead atoms.